The minimum Gasteiger partial charge on any atom is -0.503 e. The van der Waals surface area contributed by atoms with E-state index in [-0.39, 0.29) is 52.9 Å². The van der Waals surface area contributed by atoms with Crippen LogP contribution in [0.2, 0.25) is 0 Å². The van der Waals surface area contributed by atoms with E-state index < -0.39 is 63.6 Å². The zero-order valence-electron chi connectivity index (χ0n) is 24.2. The number of carbonyl (C=O) groups is 5. The number of carboxylic acid groups (broad SMARTS) is 3. The smallest absolute Gasteiger partial charge is 0.352 e. The average Bonchev–Trinajstić information content (AvgIpc) is 3.41. The molecule has 0 unspecified atom stereocenters. The third kappa shape index (κ3) is 7.20. The lowest BCUT2D eigenvalue weighted by molar-refractivity contribution is -0.161. The van der Waals surface area contributed by atoms with E-state index in [0.29, 0.717) is 0 Å². The first kappa shape index (κ1) is 33.7. The molecule has 2 aliphatic rings. The third-order valence-corrected chi connectivity index (χ3v) is 8.71. The number of thioether (sulfide) groups is 1. The van der Waals surface area contributed by atoms with Crippen molar-refractivity contribution in [1.29, 1.82) is 0 Å². The van der Waals surface area contributed by atoms with Crippen LogP contribution in [0.5, 0.6) is 5.75 Å². The number of aryl methyl sites for hydroxylation is 1. The second-order valence-corrected chi connectivity index (χ2v) is 12.4. The highest BCUT2D eigenvalue weighted by atomic mass is 32.2. The Morgan fingerprint density at radius 1 is 1.22 bits per heavy atom. The Hall–Kier alpha value is -5.17. The molecule has 0 spiro atoms. The second-order valence-electron chi connectivity index (χ2n) is 10.4. The fraction of sp³-hybridized carbons (Fsp3) is 0.333. The van der Waals surface area contributed by atoms with Crippen LogP contribution in [-0.2, 0) is 35.4 Å². The molecule has 0 aromatic carbocycles. The summed E-state index contributed by atoms with van der Waals surface area (Å²) in [6.07, 6.45) is 4.02. The summed E-state index contributed by atoms with van der Waals surface area (Å²) in [5.41, 5.74) is 2.82. The van der Waals surface area contributed by atoms with Gasteiger partial charge in [0.2, 0.25) is 11.0 Å². The number of β-lactam (4-membered cyclic amide) rings is 1. The molecule has 2 aliphatic heterocycles. The van der Waals surface area contributed by atoms with Crippen LogP contribution in [-0.4, -0.2) is 93.1 Å². The number of aromatic nitrogens is 2. The molecule has 0 bridgehead atoms. The van der Waals surface area contributed by atoms with Gasteiger partial charge in [-0.05, 0) is 31.9 Å². The number of hydrogen-bond acceptors (Lipinski definition) is 13. The molecule has 2 aromatic rings. The van der Waals surface area contributed by atoms with Crippen molar-refractivity contribution >= 4 is 69.7 Å². The van der Waals surface area contributed by atoms with Crippen molar-refractivity contribution in [2.45, 2.75) is 50.3 Å². The van der Waals surface area contributed by atoms with Crippen LogP contribution < -0.4 is 16.5 Å². The molecule has 19 heteroatoms. The van der Waals surface area contributed by atoms with Gasteiger partial charge in [0.05, 0.1) is 6.20 Å². The van der Waals surface area contributed by atoms with Gasteiger partial charge in [0, 0.05) is 35.9 Å². The number of hydrogen-bond donors (Lipinski definition) is 6. The zero-order valence-corrected chi connectivity index (χ0v) is 25.8. The highest BCUT2D eigenvalue weighted by Gasteiger charge is 2.54. The Morgan fingerprint density at radius 3 is 2.54 bits per heavy atom. The monoisotopic (exact) mass is 676 g/mol. The summed E-state index contributed by atoms with van der Waals surface area (Å²) in [6.45, 7) is 2.56. The van der Waals surface area contributed by atoms with Crippen molar-refractivity contribution in [3.63, 3.8) is 0 Å². The summed E-state index contributed by atoms with van der Waals surface area (Å²) in [7, 11) is 0. The number of amides is 2. The Labute approximate surface area is 267 Å². The van der Waals surface area contributed by atoms with Gasteiger partial charge in [0.25, 0.3) is 11.8 Å². The van der Waals surface area contributed by atoms with Gasteiger partial charge in [-0.15, -0.1) is 23.1 Å². The number of pyridine rings is 1. The highest BCUT2D eigenvalue weighted by Crippen LogP contribution is 2.41. The van der Waals surface area contributed by atoms with Crippen molar-refractivity contribution in [1.82, 2.24) is 19.8 Å². The minimum atomic E-state index is -1.81. The van der Waals surface area contributed by atoms with E-state index in [9.17, 15) is 44.1 Å². The normalized spacial score (nSPS) is 18.3. The number of carbonyl (C=O) groups excluding carboxylic acids is 2. The summed E-state index contributed by atoms with van der Waals surface area (Å²) < 4.78 is 1.45. The van der Waals surface area contributed by atoms with Crippen molar-refractivity contribution in [3.8, 4) is 5.75 Å². The zero-order chi connectivity index (χ0) is 33.9. The Morgan fingerprint density at radius 2 is 1.93 bits per heavy atom. The number of fused-ring (bicyclic) bond motifs is 1. The van der Waals surface area contributed by atoms with Gasteiger partial charge in [-0.3, -0.25) is 24.1 Å². The van der Waals surface area contributed by atoms with Crippen LogP contribution in [0.4, 0.5) is 5.13 Å². The lowest BCUT2D eigenvalue weighted by Gasteiger charge is -2.49. The molecule has 0 aliphatic carbocycles. The first-order valence-corrected chi connectivity index (χ1v) is 15.3. The van der Waals surface area contributed by atoms with E-state index in [4.69, 9.17) is 15.7 Å². The molecule has 1 saturated heterocycles. The number of oxime groups is 1. The summed E-state index contributed by atoms with van der Waals surface area (Å²) in [4.78, 5) is 83.3. The van der Waals surface area contributed by atoms with Crippen LogP contribution in [0.25, 0.3) is 6.08 Å². The summed E-state index contributed by atoms with van der Waals surface area (Å²) >= 11 is 2.14. The van der Waals surface area contributed by atoms with Gasteiger partial charge in [-0.25, -0.2) is 14.6 Å². The number of nitrogens with zero attached hydrogens (tertiary/aromatic N) is 4. The molecule has 4 heterocycles. The number of carboxylic acids is 3. The van der Waals surface area contributed by atoms with Crippen LogP contribution in [0.15, 0.2) is 44.9 Å². The molecule has 0 saturated carbocycles. The summed E-state index contributed by atoms with van der Waals surface area (Å²) in [6, 6.07) is -0.0640. The first-order chi connectivity index (χ1) is 21.6. The largest absolute Gasteiger partial charge is 0.503 e. The molecule has 46 heavy (non-hydrogen) atoms. The number of nitrogen functional groups attached to an aromatic ring is 1. The summed E-state index contributed by atoms with van der Waals surface area (Å²) in [5.74, 6) is -5.94. The van der Waals surface area contributed by atoms with Crippen LogP contribution in [0.3, 0.4) is 0 Å². The molecular formula is C27H28N6O11S2. The number of aromatic hydroxyl groups is 1. The first-order valence-electron chi connectivity index (χ1n) is 13.4. The van der Waals surface area contributed by atoms with E-state index in [0.717, 1.165) is 40.3 Å². The highest BCUT2D eigenvalue weighted by molar-refractivity contribution is 8.00. The standard InChI is InChI=1S/C27H28N6O11S2/c1-27(2,25(42)43)44-31-18(14-11-46-26(28)29-14)21(38)30-19-22(39)33-20(24(40)41)12(10-45-23(19)33)5-6-13-8-15(34)16(35)9-32(13)7-3-4-17(36)37/h5-6,8-9,11,19,23,35H,3-4,7,10H2,1-2H3,(H2,28,29)(H,30,38)(H,36,37)(H,40,41)(H,42,43)/b6-5?,31-18-/t19-,23-/m1/s1. The van der Waals surface area contributed by atoms with Crippen molar-refractivity contribution < 1.29 is 49.2 Å². The second kappa shape index (κ2) is 13.4. The molecule has 2 amide bonds. The molecule has 1 fully saturated rings. The molecule has 244 valence electrons. The van der Waals surface area contributed by atoms with Crippen molar-refractivity contribution in [2.75, 3.05) is 11.5 Å². The Kier molecular flexibility index (Phi) is 9.86. The molecular weight excluding hydrogens is 648 g/mol. The fourth-order valence-electron chi connectivity index (χ4n) is 4.28. The number of anilines is 1. The SMILES string of the molecule is CC(C)(O/N=C(\C(=O)N[C@@H]1C(=O)N2C(C(=O)O)=C(C=Cc3cc(=O)c(O)cn3CCCC(=O)O)CS[C@H]12)c1csc(N)n1)C(=O)O. The predicted octanol–water partition coefficient (Wildman–Crippen LogP) is 0.493. The lowest BCUT2D eigenvalue weighted by atomic mass is 10.0. The fourth-order valence-corrected chi connectivity index (χ4v) is 6.15. The van der Waals surface area contributed by atoms with Crippen LogP contribution in [0.1, 0.15) is 38.1 Å². The van der Waals surface area contributed by atoms with Gasteiger partial charge in [0.1, 0.15) is 22.8 Å². The third-order valence-electron chi connectivity index (χ3n) is 6.73. The maximum Gasteiger partial charge on any atom is 0.352 e. The van der Waals surface area contributed by atoms with Gasteiger partial charge in [0.15, 0.2) is 16.6 Å². The van der Waals surface area contributed by atoms with Gasteiger partial charge < -0.3 is 40.9 Å². The molecule has 4 rings (SSSR count). The van der Waals surface area contributed by atoms with Crippen molar-refractivity contribution in [3.05, 3.63) is 56.6 Å². The number of nitrogens with one attached hydrogen (secondary N) is 1. The van der Waals surface area contributed by atoms with Crippen LogP contribution >= 0.6 is 23.1 Å². The topological polar surface area (TPSA) is 264 Å². The van der Waals surface area contributed by atoms with Gasteiger partial charge >= 0.3 is 17.9 Å². The van der Waals surface area contributed by atoms with E-state index >= 15 is 0 Å². The minimum absolute atomic E-state index is 0.0321. The molecule has 2 aromatic heterocycles. The van der Waals surface area contributed by atoms with Gasteiger partial charge in [-0.2, -0.15) is 0 Å². The number of nitrogens with two attached hydrogens (primary N) is 1. The molecule has 17 nitrogen and oxygen atoms in total. The Balaban J connectivity index is 1.57. The quantitative estimate of drug-likeness (QED) is 0.0958. The van der Waals surface area contributed by atoms with E-state index in [1.165, 1.54) is 35.9 Å². The van der Waals surface area contributed by atoms with Crippen molar-refractivity contribution in [2.24, 2.45) is 5.16 Å². The number of aliphatic carboxylic acids is 3. The predicted molar refractivity (Wildman–Crippen MR) is 164 cm³/mol. The summed E-state index contributed by atoms with van der Waals surface area (Å²) in [5, 5.41) is 45.0. The van der Waals surface area contributed by atoms with E-state index in [1.807, 2.05) is 0 Å². The van der Waals surface area contributed by atoms with Gasteiger partial charge in [-0.1, -0.05) is 11.2 Å². The molecule has 2 atom stereocenters. The van der Waals surface area contributed by atoms with Crippen LogP contribution in [0, 0.1) is 0 Å². The molecule has 7 N–H and O–H groups in total. The lowest BCUT2D eigenvalue weighted by Crippen LogP contribution is -2.71. The molecule has 0 radical (unpaired) electrons. The number of rotatable bonds is 13. The number of thiazole rings is 1. The maximum atomic E-state index is 13.3. The number of allylic oxidation sites excluding steroid dienone is 1. The Bertz CT molecular complexity index is 1760. The average molecular weight is 677 g/mol. The maximum absolute atomic E-state index is 13.3. The van der Waals surface area contributed by atoms with E-state index in [1.54, 1.807) is 0 Å². The van der Waals surface area contributed by atoms with E-state index in [2.05, 4.69) is 15.5 Å².